The minimum atomic E-state index is -0.664. The summed E-state index contributed by atoms with van der Waals surface area (Å²) in [4.78, 5) is 36.7. The zero-order valence-corrected chi connectivity index (χ0v) is 17.6. The molecule has 1 saturated heterocycles. The molecule has 0 bridgehead atoms. The zero-order chi connectivity index (χ0) is 21.8. The summed E-state index contributed by atoms with van der Waals surface area (Å²) in [6.07, 6.45) is 1.55. The van der Waals surface area contributed by atoms with Gasteiger partial charge in [0.25, 0.3) is 11.6 Å². The lowest BCUT2D eigenvalue weighted by molar-refractivity contribution is -0.385. The van der Waals surface area contributed by atoms with Crippen molar-refractivity contribution in [2.75, 3.05) is 11.9 Å². The van der Waals surface area contributed by atoms with Crippen LogP contribution < -0.4 is 10.4 Å². The van der Waals surface area contributed by atoms with Crippen LogP contribution in [0.4, 0.5) is 11.4 Å². The Bertz CT molecular complexity index is 1070. The zero-order valence-electron chi connectivity index (χ0n) is 15.2. The maximum atomic E-state index is 12.6. The van der Waals surface area contributed by atoms with Gasteiger partial charge in [-0.05, 0) is 23.8 Å². The Balaban J connectivity index is 1.63. The molecule has 0 aliphatic carbocycles. The van der Waals surface area contributed by atoms with E-state index in [4.69, 9.17) is 23.8 Å². The van der Waals surface area contributed by atoms with Crippen LogP contribution in [0.2, 0.25) is 5.02 Å². The van der Waals surface area contributed by atoms with Crippen LogP contribution in [-0.4, -0.2) is 32.5 Å². The lowest BCUT2D eigenvalue weighted by Crippen LogP contribution is -2.31. The number of carbonyl (C=O) groups excluding carboxylic acids is 2. The van der Waals surface area contributed by atoms with E-state index in [9.17, 15) is 24.8 Å². The average Bonchev–Trinajstić information content (AvgIpc) is 2.96. The van der Waals surface area contributed by atoms with Crippen molar-refractivity contribution in [3.05, 3.63) is 68.1 Å². The first-order chi connectivity index (χ1) is 14.2. The number of hydrogen-bond donors (Lipinski definition) is 1. The van der Waals surface area contributed by atoms with Crippen molar-refractivity contribution in [1.82, 2.24) is 4.90 Å². The molecule has 2 amide bonds. The van der Waals surface area contributed by atoms with Crippen molar-refractivity contribution >= 4 is 69.2 Å². The normalized spacial score (nSPS) is 15.0. The number of hydrogen-bond acceptors (Lipinski definition) is 7. The maximum Gasteiger partial charge on any atom is 0.271 e. The number of benzene rings is 2. The van der Waals surface area contributed by atoms with Crippen molar-refractivity contribution in [3.63, 3.8) is 0 Å². The van der Waals surface area contributed by atoms with Crippen LogP contribution in [-0.2, 0) is 9.59 Å². The molecule has 1 heterocycles. The van der Waals surface area contributed by atoms with E-state index in [1.807, 2.05) is 0 Å². The third kappa shape index (κ3) is 5.15. The predicted octanol–water partition coefficient (Wildman–Crippen LogP) is 3.55. The Labute approximate surface area is 185 Å². The monoisotopic (exact) mass is 462 g/mol. The first kappa shape index (κ1) is 21.8. The summed E-state index contributed by atoms with van der Waals surface area (Å²) in [5.41, 5.74) is 0.280. The Morgan fingerprint density at radius 1 is 1.27 bits per heavy atom. The summed E-state index contributed by atoms with van der Waals surface area (Å²) in [6, 6.07) is 10.0. The van der Waals surface area contributed by atoms with Crippen LogP contribution in [0, 0.1) is 10.1 Å². The largest absolute Gasteiger partial charge is 0.871 e. The van der Waals surface area contributed by atoms with Gasteiger partial charge in [-0.1, -0.05) is 59.5 Å². The highest BCUT2D eigenvalue weighted by atomic mass is 35.5. The maximum absolute atomic E-state index is 12.6. The molecule has 11 heteroatoms. The first-order valence-corrected chi connectivity index (χ1v) is 10.1. The first-order valence-electron chi connectivity index (χ1n) is 8.51. The number of nitro benzene ring substituents is 1. The number of halogens is 1. The number of thiocarbonyl (C=S) groups is 1. The van der Waals surface area contributed by atoms with Gasteiger partial charge in [-0.3, -0.25) is 24.6 Å². The molecule has 1 aliphatic rings. The molecule has 1 N–H and O–H groups in total. The van der Waals surface area contributed by atoms with E-state index in [1.165, 1.54) is 4.90 Å². The molecule has 0 aromatic heterocycles. The smallest absolute Gasteiger partial charge is 0.271 e. The van der Waals surface area contributed by atoms with Crippen LogP contribution in [0.1, 0.15) is 12.0 Å². The molecule has 3 rings (SSSR count). The minimum Gasteiger partial charge on any atom is -0.871 e. The number of amides is 2. The lowest BCUT2D eigenvalue weighted by Gasteiger charge is -2.16. The van der Waals surface area contributed by atoms with Crippen molar-refractivity contribution in [3.8, 4) is 5.75 Å². The summed E-state index contributed by atoms with van der Waals surface area (Å²) in [6.45, 7) is 0.0115. The number of nitrogens with one attached hydrogen (secondary N) is 1. The molecule has 154 valence electrons. The number of thioether (sulfide) groups is 1. The van der Waals surface area contributed by atoms with E-state index < -0.39 is 16.6 Å². The van der Waals surface area contributed by atoms with E-state index in [-0.39, 0.29) is 30.2 Å². The summed E-state index contributed by atoms with van der Waals surface area (Å²) in [5.74, 6) is -1.44. The second kappa shape index (κ2) is 9.24. The molecule has 0 atom stereocenters. The summed E-state index contributed by atoms with van der Waals surface area (Å²) >= 11 is 12.2. The van der Waals surface area contributed by atoms with Gasteiger partial charge in [-0.15, -0.1) is 0 Å². The highest BCUT2D eigenvalue weighted by molar-refractivity contribution is 8.26. The second-order valence-corrected chi connectivity index (χ2v) is 8.23. The SMILES string of the molecule is O=C(CCN1C(=O)C(=Cc2ccc(Cl)cc2)SC1=S)Nc1cc([N+](=O)[O-])ccc1[O-]. The van der Waals surface area contributed by atoms with Gasteiger partial charge in [0, 0.05) is 35.8 Å². The molecule has 1 aliphatic heterocycles. The van der Waals surface area contributed by atoms with Gasteiger partial charge in [0.15, 0.2) is 0 Å². The van der Waals surface area contributed by atoms with Gasteiger partial charge in [-0.25, -0.2) is 0 Å². The van der Waals surface area contributed by atoms with Gasteiger partial charge in [-0.2, -0.15) is 0 Å². The van der Waals surface area contributed by atoms with Crippen molar-refractivity contribution in [2.24, 2.45) is 0 Å². The van der Waals surface area contributed by atoms with Gasteiger partial charge in [0.2, 0.25) is 5.91 Å². The number of carbonyl (C=O) groups is 2. The minimum absolute atomic E-state index is 0.0115. The predicted molar refractivity (Wildman–Crippen MR) is 117 cm³/mol. The fourth-order valence-corrected chi connectivity index (χ4v) is 3.99. The van der Waals surface area contributed by atoms with E-state index in [0.29, 0.717) is 14.2 Å². The van der Waals surface area contributed by atoms with E-state index >= 15 is 0 Å². The fourth-order valence-electron chi connectivity index (χ4n) is 2.56. The number of nitrogens with zero attached hydrogens (tertiary/aromatic N) is 2. The van der Waals surface area contributed by atoms with E-state index in [1.54, 1.807) is 30.3 Å². The number of rotatable bonds is 6. The molecule has 2 aromatic rings. The standard InChI is InChI=1S/C19H14ClN3O5S2/c20-12-3-1-11(2-4-12)9-16-18(26)22(19(29)30-16)8-7-17(25)21-14-10-13(23(27)28)5-6-15(14)24/h1-6,9-10,24H,7-8H2,(H,21,25)/p-1. The molecule has 0 unspecified atom stereocenters. The number of non-ortho nitro benzene ring substituents is 1. The second-order valence-electron chi connectivity index (χ2n) is 6.12. The van der Waals surface area contributed by atoms with Crippen molar-refractivity contribution in [2.45, 2.75) is 6.42 Å². The van der Waals surface area contributed by atoms with Crippen LogP contribution in [0.25, 0.3) is 6.08 Å². The molecule has 30 heavy (non-hydrogen) atoms. The van der Waals surface area contributed by atoms with Crippen molar-refractivity contribution in [1.29, 1.82) is 0 Å². The van der Waals surface area contributed by atoms with Gasteiger partial charge < -0.3 is 10.4 Å². The molecule has 0 spiro atoms. The molecule has 0 saturated carbocycles. The van der Waals surface area contributed by atoms with Crippen LogP contribution in [0.15, 0.2) is 47.4 Å². The van der Waals surface area contributed by atoms with Crippen LogP contribution in [0.5, 0.6) is 5.75 Å². The van der Waals surface area contributed by atoms with Gasteiger partial charge >= 0.3 is 0 Å². The molecular weight excluding hydrogens is 450 g/mol. The van der Waals surface area contributed by atoms with Crippen LogP contribution >= 0.6 is 35.6 Å². The quantitative estimate of drug-likeness (QED) is 0.302. The lowest BCUT2D eigenvalue weighted by atomic mass is 10.2. The third-order valence-corrected chi connectivity index (χ3v) is 5.68. The number of nitro groups is 1. The Morgan fingerprint density at radius 3 is 2.63 bits per heavy atom. The van der Waals surface area contributed by atoms with Gasteiger partial charge in [0.05, 0.1) is 9.83 Å². The molecule has 0 radical (unpaired) electrons. The van der Waals surface area contributed by atoms with Crippen molar-refractivity contribution < 1.29 is 19.6 Å². The summed E-state index contributed by atoms with van der Waals surface area (Å²) in [7, 11) is 0. The Hall–Kier alpha value is -2.95. The average molecular weight is 463 g/mol. The van der Waals surface area contributed by atoms with Crippen LogP contribution in [0.3, 0.4) is 0 Å². The molecule has 2 aromatic carbocycles. The fraction of sp³-hybridized carbons (Fsp3) is 0.105. The third-order valence-electron chi connectivity index (χ3n) is 4.05. The highest BCUT2D eigenvalue weighted by Crippen LogP contribution is 2.33. The van der Waals surface area contributed by atoms with E-state index in [2.05, 4.69) is 5.32 Å². The summed E-state index contributed by atoms with van der Waals surface area (Å²) in [5, 5.41) is 25.5. The summed E-state index contributed by atoms with van der Waals surface area (Å²) < 4.78 is 0.313. The van der Waals surface area contributed by atoms with Gasteiger partial charge in [0.1, 0.15) is 4.32 Å². The molecule has 8 nitrogen and oxygen atoms in total. The molecular formula is C19H13ClN3O5S2-. The Morgan fingerprint density at radius 2 is 1.97 bits per heavy atom. The number of anilines is 1. The topological polar surface area (TPSA) is 116 Å². The molecule has 1 fully saturated rings. The highest BCUT2D eigenvalue weighted by Gasteiger charge is 2.32. The Kier molecular flexibility index (Phi) is 6.70. The van der Waals surface area contributed by atoms with E-state index in [0.717, 1.165) is 35.5 Å².